The molecule has 0 aromatic heterocycles. The first-order valence-corrected chi connectivity index (χ1v) is 6.40. The van der Waals surface area contributed by atoms with Gasteiger partial charge in [0.2, 0.25) is 0 Å². The summed E-state index contributed by atoms with van der Waals surface area (Å²) >= 11 is 0. The van der Waals surface area contributed by atoms with Gasteiger partial charge < -0.3 is 9.47 Å². The van der Waals surface area contributed by atoms with Crippen molar-refractivity contribution in [3.63, 3.8) is 0 Å². The highest BCUT2D eigenvalue weighted by Gasteiger charge is 2.59. The molecule has 0 amide bonds. The molecule has 0 aromatic carbocycles. The van der Waals surface area contributed by atoms with Gasteiger partial charge in [0.1, 0.15) is 5.78 Å². The third kappa shape index (κ3) is 1.19. The fraction of sp³-hybridized carbons (Fsp3) is 0.923. The molecule has 0 aromatic rings. The maximum atomic E-state index is 12.0. The van der Waals surface area contributed by atoms with Crippen LogP contribution in [0.4, 0.5) is 0 Å². The second-order valence-electron chi connectivity index (χ2n) is 5.78. The van der Waals surface area contributed by atoms with Crippen LogP contribution >= 0.6 is 0 Å². The number of ketones is 1. The number of carbonyl (C=O) groups is 1. The summed E-state index contributed by atoms with van der Waals surface area (Å²) in [6.45, 7) is 5.76. The van der Waals surface area contributed by atoms with Gasteiger partial charge in [-0.05, 0) is 18.8 Å². The van der Waals surface area contributed by atoms with Gasteiger partial charge in [-0.1, -0.05) is 13.8 Å². The summed E-state index contributed by atoms with van der Waals surface area (Å²) in [6, 6.07) is 0. The molecule has 3 rings (SSSR count). The Balaban J connectivity index is 1.91. The molecular weight excluding hydrogens is 204 g/mol. The zero-order valence-electron chi connectivity index (χ0n) is 10.1. The van der Waals surface area contributed by atoms with E-state index < -0.39 is 0 Å². The Morgan fingerprint density at radius 3 is 2.62 bits per heavy atom. The SMILES string of the molecule is C[C@H]1[C@@H]2CCC(=O)[C@@]2(C)CCC12OCCO2. The molecule has 2 aliphatic carbocycles. The molecule has 3 atom stereocenters. The molecule has 3 nitrogen and oxygen atoms in total. The van der Waals surface area contributed by atoms with Gasteiger partial charge in [-0.15, -0.1) is 0 Å². The van der Waals surface area contributed by atoms with Crippen LogP contribution in [0.1, 0.15) is 39.5 Å². The third-order valence-electron chi connectivity index (χ3n) is 5.20. The standard InChI is InChI=1S/C13H20O3/c1-9-10-3-4-11(14)12(10,2)5-6-13(9)15-7-8-16-13/h9-10H,3-8H2,1-2H3/t9-,10-,12-/m0/s1. The number of hydrogen-bond donors (Lipinski definition) is 0. The lowest BCUT2D eigenvalue weighted by Gasteiger charge is -2.48. The van der Waals surface area contributed by atoms with E-state index >= 15 is 0 Å². The molecule has 1 saturated heterocycles. The third-order valence-corrected chi connectivity index (χ3v) is 5.20. The molecule has 2 saturated carbocycles. The Morgan fingerprint density at radius 2 is 1.94 bits per heavy atom. The van der Waals surface area contributed by atoms with E-state index in [2.05, 4.69) is 13.8 Å². The fourth-order valence-electron chi connectivity index (χ4n) is 4.07. The van der Waals surface area contributed by atoms with Gasteiger partial charge in [0.15, 0.2) is 5.79 Å². The monoisotopic (exact) mass is 224 g/mol. The van der Waals surface area contributed by atoms with Crippen LogP contribution in [0.15, 0.2) is 0 Å². The molecule has 0 bridgehead atoms. The summed E-state index contributed by atoms with van der Waals surface area (Å²) in [5.41, 5.74) is -0.0972. The van der Waals surface area contributed by atoms with Crippen molar-refractivity contribution in [3.05, 3.63) is 0 Å². The van der Waals surface area contributed by atoms with E-state index in [4.69, 9.17) is 9.47 Å². The van der Waals surface area contributed by atoms with Crippen LogP contribution in [-0.2, 0) is 14.3 Å². The molecule has 0 unspecified atom stereocenters. The molecule has 0 radical (unpaired) electrons. The highest BCUT2D eigenvalue weighted by atomic mass is 16.7. The summed E-state index contributed by atoms with van der Waals surface area (Å²) in [6.07, 6.45) is 3.58. The summed E-state index contributed by atoms with van der Waals surface area (Å²) < 4.78 is 11.7. The number of rotatable bonds is 0. The quantitative estimate of drug-likeness (QED) is 0.632. The first-order chi connectivity index (χ1) is 7.58. The molecule has 1 spiro atoms. The van der Waals surface area contributed by atoms with Crippen molar-refractivity contribution in [2.75, 3.05) is 13.2 Å². The minimum Gasteiger partial charge on any atom is -0.347 e. The van der Waals surface area contributed by atoms with Crippen molar-refractivity contribution in [1.29, 1.82) is 0 Å². The van der Waals surface area contributed by atoms with E-state index in [1.807, 2.05) is 0 Å². The number of hydrogen-bond acceptors (Lipinski definition) is 3. The maximum absolute atomic E-state index is 12.0. The van der Waals surface area contributed by atoms with Crippen LogP contribution in [0.2, 0.25) is 0 Å². The largest absolute Gasteiger partial charge is 0.347 e. The van der Waals surface area contributed by atoms with E-state index in [1.54, 1.807) is 0 Å². The van der Waals surface area contributed by atoms with Crippen LogP contribution in [0, 0.1) is 17.3 Å². The van der Waals surface area contributed by atoms with E-state index in [-0.39, 0.29) is 11.2 Å². The fourth-order valence-corrected chi connectivity index (χ4v) is 4.07. The zero-order chi connectivity index (χ0) is 11.4. The Kier molecular flexibility index (Phi) is 2.21. The second-order valence-corrected chi connectivity index (χ2v) is 5.78. The van der Waals surface area contributed by atoms with E-state index in [9.17, 15) is 4.79 Å². The van der Waals surface area contributed by atoms with Gasteiger partial charge >= 0.3 is 0 Å². The number of carbonyl (C=O) groups excluding carboxylic acids is 1. The lowest BCUT2D eigenvalue weighted by molar-refractivity contribution is -0.235. The lowest BCUT2D eigenvalue weighted by atomic mass is 9.62. The molecule has 3 heteroatoms. The molecular formula is C13H20O3. The van der Waals surface area contributed by atoms with Crippen molar-refractivity contribution >= 4 is 5.78 Å². The maximum Gasteiger partial charge on any atom is 0.171 e. The van der Waals surface area contributed by atoms with Crippen molar-refractivity contribution in [1.82, 2.24) is 0 Å². The predicted molar refractivity (Wildman–Crippen MR) is 58.9 cm³/mol. The van der Waals surface area contributed by atoms with Gasteiger partial charge in [-0.2, -0.15) is 0 Å². The first kappa shape index (κ1) is 10.7. The van der Waals surface area contributed by atoms with Gasteiger partial charge in [0.05, 0.1) is 13.2 Å². The molecule has 3 aliphatic rings. The lowest BCUT2D eigenvalue weighted by Crippen LogP contribution is -2.51. The minimum absolute atomic E-state index is 0.0972. The van der Waals surface area contributed by atoms with Crippen molar-refractivity contribution < 1.29 is 14.3 Å². The second kappa shape index (κ2) is 3.30. The van der Waals surface area contributed by atoms with Crippen LogP contribution in [0.25, 0.3) is 0 Å². The van der Waals surface area contributed by atoms with Crippen molar-refractivity contribution in [3.8, 4) is 0 Å². The minimum atomic E-state index is -0.366. The number of fused-ring (bicyclic) bond motifs is 1. The molecule has 3 fully saturated rings. The number of ether oxygens (including phenoxy) is 2. The van der Waals surface area contributed by atoms with Crippen LogP contribution < -0.4 is 0 Å². The molecule has 1 aliphatic heterocycles. The van der Waals surface area contributed by atoms with Gasteiger partial charge in [-0.3, -0.25) is 4.79 Å². The predicted octanol–water partition coefficient (Wildman–Crippen LogP) is 2.14. The van der Waals surface area contributed by atoms with Gasteiger partial charge in [0.25, 0.3) is 0 Å². The summed E-state index contributed by atoms with van der Waals surface area (Å²) in [5, 5.41) is 0. The Hall–Kier alpha value is -0.410. The van der Waals surface area contributed by atoms with Crippen LogP contribution in [-0.4, -0.2) is 24.8 Å². The van der Waals surface area contributed by atoms with E-state index in [0.29, 0.717) is 30.8 Å². The Bertz CT molecular complexity index is 319. The highest BCUT2D eigenvalue weighted by molar-refractivity contribution is 5.87. The van der Waals surface area contributed by atoms with Gasteiger partial charge in [-0.25, -0.2) is 0 Å². The van der Waals surface area contributed by atoms with Crippen LogP contribution in [0.5, 0.6) is 0 Å². The average Bonchev–Trinajstić information content (AvgIpc) is 2.83. The Morgan fingerprint density at radius 1 is 1.25 bits per heavy atom. The van der Waals surface area contributed by atoms with E-state index in [0.717, 1.165) is 25.7 Å². The molecule has 16 heavy (non-hydrogen) atoms. The topological polar surface area (TPSA) is 35.5 Å². The highest BCUT2D eigenvalue weighted by Crippen LogP contribution is 2.57. The molecule has 1 heterocycles. The summed E-state index contributed by atoms with van der Waals surface area (Å²) in [7, 11) is 0. The average molecular weight is 224 g/mol. The molecule has 90 valence electrons. The van der Waals surface area contributed by atoms with Crippen molar-refractivity contribution in [2.45, 2.75) is 45.3 Å². The normalized spacial score (nSPS) is 46.2. The first-order valence-electron chi connectivity index (χ1n) is 6.40. The summed E-state index contributed by atoms with van der Waals surface area (Å²) in [4.78, 5) is 12.0. The van der Waals surface area contributed by atoms with Gasteiger partial charge in [0, 0.05) is 24.2 Å². The Labute approximate surface area is 96.5 Å². The van der Waals surface area contributed by atoms with E-state index in [1.165, 1.54) is 0 Å². The van der Waals surface area contributed by atoms with Crippen molar-refractivity contribution in [2.24, 2.45) is 17.3 Å². The molecule has 0 N–H and O–H groups in total. The smallest absolute Gasteiger partial charge is 0.171 e. The summed E-state index contributed by atoms with van der Waals surface area (Å²) in [5.74, 6) is 0.888. The van der Waals surface area contributed by atoms with Crippen LogP contribution in [0.3, 0.4) is 0 Å². The number of Topliss-reactive ketones (excluding diaryl/α,β-unsaturated/α-hetero) is 1. The zero-order valence-corrected chi connectivity index (χ0v) is 10.1.